The van der Waals surface area contributed by atoms with Crippen LogP contribution in [0.4, 0.5) is 0 Å². The van der Waals surface area contributed by atoms with Crippen molar-refractivity contribution in [2.45, 2.75) is 34.1 Å². The Hall–Kier alpha value is -0.830. The van der Waals surface area contributed by atoms with Crippen LogP contribution in [0.15, 0.2) is 6.33 Å². The fourth-order valence-electron chi connectivity index (χ4n) is 1.01. The number of hydrogen-bond acceptors (Lipinski definition) is 3. The molecule has 0 N–H and O–H groups in total. The molecule has 3 nitrogen and oxygen atoms in total. The summed E-state index contributed by atoms with van der Waals surface area (Å²) >= 11 is 5.85. The van der Waals surface area contributed by atoms with E-state index in [1.54, 1.807) is 0 Å². The van der Waals surface area contributed by atoms with Crippen LogP contribution in [-0.4, -0.2) is 16.6 Å². The quantitative estimate of drug-likeness (QED) is 0.745. The Morgan fingerprint density at radius 3 is 2.60 bits per heavy atom. The Bertz CT molecular complexity index is 334. The highest BCUT2D eigenvalue weighted by molar-refractivity contribution is 6.30. The molecular weight excluding hydrogens is 212 g/mol. The Balaban J connectivity index is 2.55. The van der Waals surface area contributed by atoms with E-state index < -0.39 is 0 Å². The van der Waals surface area contributed by atoms with Crippen LogP contribution in [0.2, 0.25) is 5.15 Å². The van der Waals surface area contributed by atoms with Crippen LogP contribution >= 0.6 is 11.6 Å². The van der Waals surface area contributed by atoms with Crippen molar-refractivity contribution in [2.75, 3.05) is 6.61 Å². The average Bonchev–Trinajstić information content (AvgIpc) is 2.10. The minimum atomic E-state index is 0.269. The number of rotatable bonds is 3. The summed E-state index contributed by atoms with van der Waals surface area (Å²) in [5.41, 5.74) is 1.07. The summed E-state index contributed by atoms with van der Waals surface area (Å²) < 4.78 is 5.56. The number of aromatic nitrogens is 2. The molecule has 0 spiro atoms. The van der Waals surface area contributed by atoms with Crippen molar-refractivity contribution in [1.29, 1.82) is 0 Å². The summed E-state index contributed by atoms with van der Waals surface area (Å²) in [6, 6.07) is 0. The van der Waals surface area contributed by atoms with Gasteiger partial charge in [0, 0.05) is 5.56 Å². The SMILES string of the molecule is Cc1c(Cl)ncnc1OCCC(C)(C)C. The van der Waals surface area contributed by atoms with Crippen LogP contribution in [-0.2, 0) is 0 Å². The minimum absolute atomic E-state index is 0.269. The number of halogens is 1. The molecule has 0 aliphatic carbocycles. The third kappa shape index (κ3) is 4.04. The minimum Gasteiger partial charge on any atom is -0.477 e. The zero-order valence-corrected chi connectivity index (χ0v) is 10.4. The molecule has 4 heteroatoms. The van der Waals surface area contributed by atoms with Gasteiger partial charge in [-0.2, -0.15) is 0 Å². The van der Waals surface area contributed by atoms with Crippen molar-refractivity contribution in [1.82, 2.24) is 9.97 Å². The molecule has 1 rings (SSSR count). The lowest BCUT2D eigenvalue weighted by Gasteiger charge is -2.18. The second-order valence-corrected chi connectivity index (χ2v) is 5.11. The molecule has 0 saturated heterocycles. The van der Waals surface area contributed by atoms with Gasteiger partial charge in [0.05, 0.1) is 6.61 Å². The van der Waals surface area contributed by atoms with E-state index in [9.17, 15) is 0 Å². The Kier molecular flexibility index (Phi) is 3.91. The first-order chi connectivity index (χ1) is 6.90. The number of nitrogens with zero attached hydrogens (tertiary/aromatic N) is 2. The van der Waals surface area contributed by atoms with Crippen molar-refractivity contribution in [3.63, 3.8) is 0 Å². The zero-order valence-electron chi connectivity index (χ0n) is 9.67. The van der Waals surface area contributed by atoms with Crippen LogP contribution in [0.1, 0.15) is 32.8 Å². The van der Waals surface area contributed by atoms with Crippen LogP contribution in [0, 0.1) is 12.3 Å². The van der Waals surface area contributed by atoms with E-state index in [0.29, 0.717) is 17.6 Å². The largest absolute Gasteiger partial charge is 0.477 e. The lowest BCUT2D eigenvalue weighted by Crippen LogP contribution is -2.12. The molecule has 0 radical (unpaired) electrons. The summed E-state index contributed by atoms with van der Waals surface area (Å²) in [6.45, 7) is 9.04. The second-order valence-electron chi connectivity index (χ2n) is 4.75. The fourth-order valence-corrected chi connectivity index (χ4v) is 1.14. The molecule has 1 aromatic heterocycles. The normalized spacial score (nSPS) is 11.5. The van der Waals surface area contributed by atoms with Gasteiger partial charge in [0.1, 0.15) is 11.5 Å². The molecule has 0 saturated carbocycles. The predicted molar refractivity (Wildman–Crippen MR) is 61.3 cm³/mol. The number of ether oxygens (including phenoxy) is 1. The van der Waals surface area contributed by atoms with Gasteiger partial charge in [-0.3, -0.25) is 0 Å². The molecule has 1 aromatic rings. The van der Waals surface area contributed by atoms with E-state index >= 15 is 0 Å². The van der Waals surface area contributed by atoms with E-state index in [1.165, 1.54) is 6.33 Å². The lowest BCUT2D eigenvalue weighted by atomic mass is 9.93. The Labute approximate surface area is 95.8 Å². The topological polar surface area (TPSA) is 35.0 Å². The predicted octanol–water partition coefficient (Wildman–Crippen LogP) is 3.25. The highest BCUT2D eigenvalue weighted by Gasteiger charge is 2.11. The molecule has 15 heavy (non-hydrogen) atoms. The van der Waals surface area contributed by atoms with Crippen LogP contribution in [0.5, 0.6) is 5.88 Å². The highest BCUT2D eigenvalue weighted by atomic mass is 35.5. The van der Waals surface area contributed by atoms with E-state index in [2.05, 4.69) is 30.7 Å². The molecule has 0 aliphatic heterocycles. The van der Waals surface area contributed by atoms with Gasteiger partial charge in [0.15, 0.2) is 0 Å². The summed E-state index contributed by atoms with van der Waals surface area (Å²) in [5.74, 6) is 0.583. The molecular formula is C11H17ClN2O. The lowest BCUT2D eigenvalue weighted by molar-refractivity contribution is 0.235. The first kappa shape index (κ1) is 12.2. The van der Waals surface area contributed by atoms with Gasteiger partial charge >= 0.3 is 0 Å². The summed E-state index contributed by atoms with van der Waals surface area (Å²) in [7, 11) is 0. The molecule has 0 bridgehead atoms. The maximum atomic E-state index is 5.85. The molecule has 0 aliphatic rings. The first-order valence-corrected chi connectivity index (χ1v) is 5.38. The molecule has 0 atom stereocenters. The average molecular weight is 229 g/mol. The zero-order chi connectivity index (χ0) is 11.5. The maximum Gasteiger partial charge on any atom is 0.220 e. The van der Waals surface area contributed by atoms with Crippen LogP contribution in [0.3, 0.4) is 0 Å². The van der Waals surface area contributed by atoms with Crippen LogP contribution < -0.4 is 4.74 Å². The van der Waals surface area contributed by atoms with Gasteiger partial charge in [0.2, 0.25) is 5.88 Å². The Morgan fingerprint density at radius 1 is 1.33 bits per heavy atom. The van der Waals surface area contributed by atoms with Crippen molar-refractivity contribution in [3.05, 3.63) is 17.0 Å². The van der Waals surface area contributed by atoms with E-state index in [1.807, 2.05) is 6.92 Å². The number of hydrogen-bond donors (Lipinski definition) is 0. The molecule has 0 amide bonds. The smallest absolute Gasteiger partial charge is 0.220 e. The standard InChI is InChI=1S/C11H17ClN2O/c1-8-9(12)13-7-14-10(8)15-6-5-11(2,3)4/h7H,5-6H2,1-4H3. The van der Waals surface area contributed by atoms with E-state index in [0.717, 1.165) is 12.0 Å². The molecule has 0 unspecified atom stereocenters. The first-order valence-electron chi connectivity index (χ1n) is 5.00. The van der Waals surface area contributed by atoms with Gasteiger partial charge in [-0.25, -0.2) is 9.97 Å². The Morgan fingerprint density at radius 2 is 2.00 bits per heavy atom. The monoisotopic (exact) mass is 228 g/mol. The summed E-state index contributed by atoms with van der Waals surface area (Å²) in [4.78, 5) is 7.91. The maximum absolute atomic E-state index is 5.85. The summed E-state index contributed by atoms with van der Waals surface area (Å²) in [6.07, 6.45) is 2.40. The molecule has 0 aromatic carbocycles. The van der Waals surface area contributed by atoms with Gasteiger partial charge in [-0.05, 0) is 18.8 Å². The van der Waals surface area contributed by atoms with Crippen molar-refractivity contribution in [3.8, 4) is 5.88 Å². The van der Waals surface area contributed by atoms with E-state index in [-0.39, 0.29) is 5.41 Å². The van der Waals surface area contributed by atoms with Gasteiger partial charge in [-0.15, -0.1) is 0 Å². The second kappa shape index (κ2) is 4.79. The fraction of sp³-hybridized carbons (Fsp3) is 0.636. The van der Waals surface area contributed by atoms with Gasteiger partial charge in [-0.1, -0.05) is 32.4 Å². The molecule has 0 fully saturated rings. The van der Waals surface area contributed by atoms with Crippen LogP contribution in [0.25, 0.3) is 0 Å². The van der Waals surface area contributed by atoms with Crippen molar-refractivity contribution in [2.24, 2.45) is 5.41 Å². The highest BCUT2D eigenvalue weighted by Crippen LogP contribution is 2.22. The third-order valence-electron chi connectivity index (χ3n) is 2.07. The van der Waals surface area contributed by atoms with Gasteiger partial charge in [0.25, 0.3) is 0 Å². The third-order valence-corrected chi connectivity index (χ3v) is 2.45. The van der Waals surface area contributed by atoms with Gasteiger partial charge < -0.3 is 4.74 Å². The molecule has 1 heterocycles. The van der Waals surface area contributed by atoms with E-state index in [4.69, 9.17) is 16.3 Å². The molecule has 84 valence electrons. The van der Waals surface area contributed by atoms with Crippen molar-refractivity contribution < 1.29 is 4.74 Å². The summed E-state index contributed by atoms with van der Waals surface area (Å²) in [5, 5.41) is 0.454. The van der Waals surface area contributed by atoms with Crippen molar-refractivity contribution >= 4 is 11.6 Å².